The Hall–Kier alpha value is -3.86. The molecule has 8 heteroatoms. The number of carbonyl (C=O) groups excluding carboxylic acids is 3. The molecule has 1 aliphatic rings. The third-order valence-electron chi connectivity index (χ3n) is 5.43. The van der Waals surface area contributed by atoms with E-state index in [1.54, 1.807) is 13.8 Å². The lowest BCUT2D eigenvalue weighted by Gasteiger charge is -2.28. The number of hydrogen-bond acceptors (Lipinski definition) is 6. The second-order valence-corrected chi connectivity index (χ2v) is 9.93. The summed E-state index contributed by atoms with van der Waals surface area (Å²) >= 11 is 0. The number of nitrogens with one attached hydrogen (secondary N) is 1. The van der Waals surface area contributed by atoms with Crippen molar-refractivity contribution in [2.45, 2.75) is 59.7 Å². The first-order valence-corrected chi connectivity index (χ1v) is 13.0. The maximum absolute atomic E-state index is 12.6. The molecular weight excluding hydrogens is 480 g/mol. The fourth-order valence-corrected chi connectivity index (χ4v) is 3.47. The van der Waals surface area contributed by atoms with Crippen LogP contribution in [0, 0.1) is 23.2 Å². The Balaban J connectivity index is 0.000000495. The van der Waals surface area contributed by atoms with Crippen LogP contribution in [0.3, 0.4) is 0 Å². The molecule has 3 rings (SSSR count). The van der Waals surface area contributed by atoms with Crippen LogP contribution in [0.4, 0.5) is 10.5 Å². The fourth-order valence-electron chi connectivity index (χ4n) is 3.47. The molecule has 2 aromatic rings. The number of nitrogens with zero attached hydrogens (tertiary/aromatic N) is 3. The van der Waals surface area contributed by atoms with E-state index in [1.807, 2.05) is 73.8 Å². The Morgan fingerprint density at radius 2 is 1.63 bits per heavy atom. The van der Waals surface area contributed by atoms with Gasteiger partial charge in [-0.1, -0.05) is 69.3 Å². The number of para-hydroxylation sites is 1. The zero-order valence-electron chi connectivity index (χ0n) is 23.5. The minimum absolute atomic E-state index is 0.120. The summed E-state index contributed by atoms with van der Waals surface area (Å²) in [7, 11) is 1.91. The highest BCUT2D eigenvalue weighted by Gasteiger charge is 2.36. The molecule has 1 aliphatic heterocycles. The van der Waals surface area contributed by atoms with E-state index in [-0.39, 0.29) is 37.6 Å². The van der Waals surface area contributed by atoms with Crippen LogP contribution in [-0.4, -0.2) is 60.3 Å². The van der Waals surface area contributed by atoms with Gasteiger partial charge in [-0.3, -0.25) is 9.69 Å². The number of anilines is 1. The van der Waals surface area contributed by atoms with Gasteiger partial charge in [-0.25, -0.2) is 4.79 Å². The lowest BCUT2D eigenvalue weighted by atomic mass is 10.1. The van der Waals surface area contributed by atoms with Gasteiger partial charge in [-0.05, 0) is 43.9 Å². The van der Waals surface area contributed by atoms with Crippen LogP contribution in [0.15, 0.2) is 60.7 Å². The van der Waals surface area contributed by atoms with Crippen LogP contribution in [-0.2, 0) is 20.9 Å². The first kappa shape index (κ1) is 32.2. The number of nitriles is 1. The number of ether oxygens (including phenoxy) is 1. The summed E-state index contributed by atoms with van der Waals surface area (Å²) in [5, 5.41) is 12.2. The number of hydrogen-bond donors (Lipinski definition) is 1. The van der Waals surface area contributed by atoms with Gasteiger partial charge in [0.2, 0.25) is 5.91 Å². The van der Waals surface area contributed by atoms with Crippen molar-refractivity contribution in [1.82, 2.24) is 9.80 Å². The van der Waals surface area contributed by atoms with Gasteiger partial charge in [0.1, 0.15) is 25.5 Å². The minimum atomic E-state index is -0.632. The van der Waals surface area contributed by atoms with Gasteiger partial charge in [-0.2, -0.15) is 5.26 Å². The fraction of sp³-hybridized carbons (Fsp3) is 0.467. The van der Waals surface area contributed by atoms with Crippen molar-refractivity contribution in [1.29, 1.82) is 5.26 Å². The molecule has 8 nitrogen and oxygen atoms in total. The number of benzene rings is 2. The van der Waals surface area contributed by atoms with E-state index in [0.29, 0.717) is 6.42 Å². The molecule has 38 heavy (non-hydrogen) atoms. The van der Waals surface area contributed by atoms with Crippen molar-refractivity contribution < 1.29 is 19.1 Å². The van der Waals surface area contributed by atoms with Crippen molar-refractivity contribution in [2.75, 3.05) is 25.5 Å². The normalized spacial score (nSPS) is 15.8. The smallest absolute Gasteiger partial charge is 0.410 e. The minimum Gasteiger partial charge on any atom is -0.445 e. The van der Waals surface area contributed by atoms with E-state index in [9.17, 15) is 19.6 Å². The summed E-state index contributed by atoms with van der Waals surface area (Å²) in [5.41, 5.74) is 2.02. The van der Waals surface area contributed by atoms with Crippen LogP contribution in [0.2, 0.25) is 0 Å². The molecule has 0 saturated carbocycles. The zero-order valence-corrected chi connectivity index (χ0v) is 23.5. The molecule has 2 unspecified atom stereocenters. The van der Waals surface area contributed by atoms with Crippen molar-refractivity contribution >= 4 is 24.0 Å². The maximum atomic E-state index is 12.6. The molecule has 0 aromatic heterocycles. The molecule has 2 aromatic carbocycles. The third kappa shape index (κ3) is 11.9. The first-order valence-electron chi connectivity index (χ1n) is 13.0. The topological polar surface area (TPSA) is 103 Å². The molecule has 206 valence electrons. The van der Waals surface area contributed by atoms with Crippen LogP contribution < -0.4 is 5.32 Å². The molecule has 2 atom stereocenters. The van der Waals surface area contributed by atoms with Gasteiger partial charge in [0, 0.05) is 31.2 Å². The standard InChI is InChI=1S/C19H23N3O4.C7H9N.C4H10/c1-14(2)21(19(25)26-13-15-6-4-3-5-7-15)11-18(24)22-10-16(12-23)8-17(22)9-20;1-8-7-5-3-2-4-6-7;1-4(2)3/h3-7,12,14,16-17H,8,10-11,13H2,1-2H3;2-6,8H,1H3;4H,1-3H3. The number of rotatable bonds is 7. The Kier molecular flexibility index (Phi) is 14.9. The Bertz CT molecular complexity index is 1000. The SMILES string of the molecule is CC(C)C.CC(C)N(CC(=O)N1CC(C=O)CC1C#N)C(=O)OCc1ccccc1.CNc1ccccc1. The second-order valence-electron chi connectivity index (χ2n) is 9.93. The van der Waals surface area contributed by atoms with Crippen molar-refractivity contribution in [3.8, 4) is 6.07 Å². The van der Waals surface area contributed by atoms with Gasteiger partial charge in [0.15, 0.2) is 0 Å². The van der Waals surface area contributed by atoms with E-state index in [4.69, 9.17) is 4.74 Å². The zero-order chi connectivity index (χ0) is 28.5. The van der Waals surface area contributed by atoms with Gasteiger partial charge >= 0.3 is 6.09 Å². The summed E-state index contributed by atoms with van der Waals surface area (Å²) in [5.74, 6) is 0.146. The third-order valence-corrected chi connectivity index (χ3v) is 5.43. The van der Waals surface area contributed by atoms with Crippen LogP contribution in [0.1, 0.15) is 46.6 Å². The molecule has 2 amide bonds. The highest BCUT2D eigenvalue weighted by Crippen LogP contribution is 2.22. The number of amides is 2. The molecule has 0 radical (unpaired) electrons. The molecule has 0 aliphatic carbocycles. The van der Waals surface area contributed by atoms with Crippen LogP contribution >= 0.6 is 0 Å². The largest absolute Gasteiger partial charge is 0.445 e. The summed E-state index contributed by atoms with van der Waals surface area (Å²) in [6.45, 7) is 10.2. The molecule has 1 heterocycles. The number of likely N-dealkylation sites (tertiary alicyclic amines) is 1. The Labute approximate surface area is 227 Å². The first-order chi connectivity index (χ1) is 18.1. The van der Waals surface area contributed by atoms with Gasteiger partial charge < -0.3 is 19.7 Å². The number of carbonyl (C=O) groups is 3. The monoisotopic (exact) mass is 522 g/mol. The summed E-state index contributed by atoms with van der Waals surface area (Å²) < 4.78 is 5.31. The predicted molar refractivity (Wildman–Crippen MR) is 150 cm³/mol. The van der Waals surface area contributed by atoms with E-state index in [0.717, 1.165) is 23.5 Å². The van der Waals surface area contributed by atoms with E-state index in [1.165, 1.54) is 9.80 Å². The van der Waals surface area contributed by atoms with Crippen LogP contribution in [0.25, 0.3) is 0 Å². The quantitative estimate of drug-likeness (QED) is 0.491. The van der Waals surface area contributed by atoms with Crippen LogP contribution in [0.5, 0.6) is 0 Å². The highest BCUT2D eigenvalue weighted by molar-refractivity contribution is 5.83. The van der Waals surface area contributed by atoms with Crippen molar-refractivity contribution in [3.63, 3.8) is 0 Å². The maximum Gasteiger partial charge on any atom is 0.410 e. The molecule has 1 N–H and O–H groups in total. The van der Waals surface area contributed by atoms with E-state index in [2.05, 4.69) is 26.1 Å². The highest BCUT2D eigenvalue weighted by atomic mass is 16.6. The van der Waals surface area contributed by atoms with Crippen molar-refractivity contribution in [2.24, 2.45) is 11.8 Å². The average Bonchev–Trinajstić information content (AvgIpc) is 3.35. The molecular formula is C30H42N4O4. The average molecular weight is 523 g/mol. The molecule has 0 spiro atoms. The molecule has 1 saturated heterocycles. The lowest BCUT2D eigenvalue weighted by molar-refractivity contribution is -0.132. The Morgan fingerprint density at radius 1 is 1.08 bits per heavy atom. The van der Waals surface area contributed by atoms with Gasteiger partial charge in [0.25, 0.3) is 0 Å². The van der Waals surface area contributed by atoms with E-state index < -0.39 is 12.1 Å². The summed E-state index contributed by atoms with van der Waals surface area (Å²) in [6.07, 6.45) is 0.523. The molecule has 1 fully saturated rings. The lowest BCUT2D eigenvalue weighted by Crippen LogP contribution is -2.47. The predicted octanol–water partition coefficient (Wildman–Crippen LogP) is 5.36. The van der Waals surface area contributed by atoms with Crippen molar-refractivity contribution in [3.05, 3.63) is 66.2 Å². The Morgan fingerprint density at radius 3 is 2.08 bits per heavy atom. The number of aldehydes is 1. The van der Waals surface area contributed by atoms with E-state index >= 15 is 0 Å². The van der Waals surface area contributed by atoms with Gasteiger partial charge in [-0.15, -0.1) is 0 Å². The van der Waals surface area contributed by atoms with Gasteiger partial charge in [0.05, 0.1) is 6.07 Å². The summed E-state index contributed by atoms with van der Waals surface area (Å²) in [6, 6.07) is 20.5. The second kappa shape index (κ2) is 17.6. The summed E-state index contributed by atoms with van der Waals surface area (Å²) in [4.78, 5) is 38.6. The molecule has 0 bridgehead atoms.